The van der Waals surface area contributed by atoms with E-state index < -0.39 is 5.97 Å². The molecular formula is C9H18O5. The van der Waals surface area contributed by atoms with Gasteiger partial charge in [-0.15, -0.1) is 0 Å². The van der Waals surface area contributed by atoms with Gasteiger partial charge in [0.1, 0.15) is 6.61 Å². The third-order valence-corrected chi connectivity index (χ3v) is 1.38. The SMILES string of the molecule is CCOCCOCCOC(=O)CCO. The van der Waals surface area contributed by atoms with Gasteiger partial charge in [0.25, 0.3) is 0 Å². The molecule has 0 bridgehead atoms. The first-order valence-corrected chi connectivity index (χ1v) is 4.73. The van der Waals surface area contributed by atoms with Crippen LogP contribution in [0.4, 0.5) is 0 Å². The number of esters is 1. The van der Waals surface area contributed by atoms with E-state index in [1.807, 2.05) is 6.92 Å². The van der Waals surface area contributed by atoms with Gasteiger partial charge in [-0.05, 0) is 6.92 Å². The van der Waals surface area contributed by atoms with Crippen LogP contribution in [0.2, 0.25) is 0 Å². The summed E-state index contributed by atoms with van der Waals surface area (Å²) in [4.78, 5) is 10.7. The maximum atomic E-state index is 10.7. The molecule has 0 aliphatic rings. The number of hydrogen-bond acceptors (Lipinski definition) is 5. The molecule has 0 aliphatic heterocycles. The minimum Gasteiger partial charge on any atom is -0.463 e. The number of hydrogen-bond donors (Lipinski definition) is 1. The molecule has 0 rings (SSSR count). The van der Waals surface area contributed by atoms with Crippen LogP contribution in [0.3, 0.4) is 0 Å². The molecule has 0 aromatic heterocycles. The highest BCUT2D eigenvalue weighted by molar-refractivity contribution is 5.69. The smallest absolute Gasteiger partial charge is 0.308 e. The topological polar surface area (TPSA) is 65.0 Å². The molecule has 0 aromatic carbocycles. The third kappa shape index (κ3) is 9.44. The lowest BCUT2D eigenvalue weighted by Crippen LogP contribution is -2.13. The van der Waals surface area contributed by atoms with E-state index in [-0.39, 0.29) is 19.6 Å². The summed E-state index contributed by atoms with van der Waals surface area (Å²) in [5.41, 5.74) is 0. The number of aliphatic hydroxyl groups excluding tert-OH is 1. The van der Waals surface area contributed by atoms with Crippen LogP contribution in [0.25, 0.3) is 0 Å². The van der Waals surface area contributed by atoms with Crippen molar-refractivity contribution in [2.24, 2.45) is 0 Å². The van der Waals surface area contributed by atoms with Crippen LogP contribution in [0.15, 0.2) is 0 Å². The Balaban J connectivity index is 3.01. The number of carbonyl (C=O) groups excluding carboxylic acids is 1. The summed E-state index contributed by atoms with van der Waals surface area (Å²) in [7, 11) is 0. The van der Waals surface area contributed by atoms with Crippen molar-refractivity contribution in [1.82, 2.24) is 0 Å². The molecule has 0 aromatic rings. The number of aliphatic hydroxyl groups is 1. The van der Waals surface area contributed by atoms with E-state index in [4.69, 9.17) is 19.3 Å². The minimum absolute atomic E-state index is 0.0406. The number of ether oxygens (including phenoxy) is 3. The molecule has 14 heavy (non-hydrogen) atoms. The summed E-state index contributed by atoms with van der Waals surface area (Å²) in [5, 5.41) is 8.39. The lowest BCUT2D eigenvalue weighted by molar-refractivity contribution is -0.146. The van der Waals surface area contributed by atoms with E-state index in [0.29, 0.717) is 26.4 Å². The molecule has 0 heterocycles. The zero-order valence-corrected chi connectivity index (χ0v) is 8.53. The van der Waals surface area contributed by atoms with Crippen LogP contribution >= 0.6 is 0 Å². The maximum Gasteiger partial charge on any atom is 0.308 e. The van der Waals surface area contributed by atoms with Crippen LogP contribution in [0.5, 0.6) is 0 Å². The molecule has 0 radical (unpaired) electrons. The van der Waals surface area contributed by atoms with Gasteiger partial charge < -0.3 is 19.3 Å². The van der Waals surface area contributed by atoms with Crippen molar-refractivity contribution in [2.75, 3.05) is 39.6 Å². The number of carbonyl (C=O) groups is 1. The molecule has 0 saturated carbocycles. The van der Waals surface area contributed by atoms with Crippen LogP contribution in [0, 0.1) is 0 Å². The quantitative estimate of drug-likeness (QED) is 0.424. The third-order valence-electron chi connectivity index (χ3n) is 1.38. The Hall–Kier alpha value is -0.650. The first-order chi connectivity index (χ1) is 6.81. The van der Waals surface area contributed by atoms with E-state index in [9.17, 15) is 4.79 Å². The molecule has 1 N–H and O–H groups in total. The molecule has 5 nitrogen and oxygen atoms in total. The van der Waals surface area contributed by atoms with Crippen LogP contribution in [0.1, 0.15) is 13.3 Å². The largest absolute Gasteiger partial charge is 0.463 e. The molecule has 0 fully saturated rings. The Bertz CT molecular complexity index is 137. The molecule has 5 heteroatoms. The fourth-order valence-electron chi connectivity index (χ4n) is 0.742. The molecular weight excluding hydrogens is 188 g/mol. The van der Waals surface area contributed by atoms with E-state index in [1.54, 1.807) is 0 Å². The van der Waals surface area contributed by atoms with Gasteiger partial charge in [-0.3, -0.25) is 4.79 Å². The fraction of sp³-hybridized carbons (Fsp3) is 0.889. The molecule has 0 amide bonds. The highest BCUT2D eigenvalue weighted by Gasteiger charge is 1.99. The molecule has 0 unspecified atom stereocenters. The summed E-state index contributed by atoms with van der Waals surface area (Å²) in [5.74, 6) is -0.402. The summed E-state index contributed by atoms with van der Waals surface area (Å²) in [6, 6.07) is 0. The van der Waals surface area contributed by atoms with Crippen molar-refractivity contribution in [2.45, 2.75) is 13.3 Å². The summed E-state index contributed by atoms with van der Waals surface area (Å²) < 4.78 is 14.9. The van der Waals surface area contributed by atoms with Gasteiger partial charge in [-0.1, -0.05) is 0 Å². The average Bonchev–Trinajstić information content (AvgIpc) is 2.17. The summed E-state index contributed by atoms with van der Waals surface area (Å²) in [6.07, 6.45) is 0.0406. The maximum absolute atomic E-state index is 10.7. The molecule has 0 atom stereocenters. The van der Waals surface area contributed by atoms with Crippen molar-refractivity contribution >= 4 is 5.97 Å². The molecule has 0 spiro atoms. The predicted molar refractivity (Wildman–Crippen MR) is 50.0 cm³/mol. The Kier molecular flexibility index (Phi) is 9.95. The van der Waals surface area contributed by atoms with Gasteiger partial charge in [0.15, 0.2) is 0 Å². The fourth-order valence-corrected chi connectivity index (χ4v) is 0.742. The second-order valence-corrected chi connectivity index (χ2v) is 2.50. The van der Waals surface area contributed by atoms with Gasteiger partial charge in [0.05, 0.1) is 32.8 Å². The second-order valence-electron chi connectivity index (χ2n) is 2.50. The number of rotatable bonds is 9. The highest BCUT2D eigenvalue weighted by atomic mass is 16.6. The Morgan fingerprint density at radius 2 is 1.79 bits per heavy atom. The van der Waals surface area contributed by atoms with Gasteiger partial charge in [-0.25, -0.2) is 0 Å². The molecule has 84 valence electrons. The van der Waals surface area contributed by atoms with Gasteiger partial charge >= 0.3 is 5.97 Å². The van der Waals surface area contributed by atoms with Crippen molar-refractivity contribution in [3.8, 4) is 0 Å². The van der Waals surface area contributed by atoms with Crippen molar-refractivity contribution < 1.29 is 24.1 Å². The lowest BCUT2D eigenvalue weighted by Gasteiger charge is -2.05. The normalized spacial score (nSPS) is 10.1. The Morgan fingerprint density at radius 3 is 2.43 bits per heavy atom. The molecule has 0 aliphatic carbocycles. The second kappa shape index (κ2) is 10.4. The van der Waals surface area contributed by atoms with Gasteiger partial charge in [0.2, 0.25) is 0 Å². The summed E-state index contributed by atoms with van der Waals surface area (Å²) >= 11 is 0. The standard InChI is InChI=1S/C9H18O5/c1-2-12-5-6-13-7-8-14-9(11)3-4-10/h10H,2-8H2,1H3. The van der Waals surface area contributed by atoms with E-state index >= 15 is 0 Å². The average molecular weight is 206 g/mol. The first kappa shape index (κ1) is 13.4. The minimum atomic E-state index is -0.402. The van der Waals surface area contributed by atoms with E-state index in [2.05, 4.69) is 0 Å². The highest BCUT2D eigenvalue weighted by Crippen LogP contribution is 1.85. The first-order valence-electron chi connectivity index (χ1n) is 4.73. The van der Waals surface area contributed by atoms with E-state index in [1.165, 1.54) is 0 Å². The monoisotopic (exact) mass is 206 g/mol. The van der Waals surface area contributed by atoms with Crippen molar-refractivity contribution in [3.63, 3.8) is 0 Å². The lowest BCUT2D eigenvalue weighted by atomic mass is 10.5. The van der Waals surface area contributed by atoms with E-state index in [0.717, 1.165) is 0 Å². The zero-order valence-electron chi connectivity index (χ0n) is 8.53. The summed E-state index contributed by atoms with van der Waals surface area (Å²) in [6.45, 7) is 4.07. The van der Waals surface area contributed by atoms with Crippen molar-refractivity contribution in [1.29, 1.82) is 0 Å². The van der Waals surface area contributed by atoms with Gasteiger partial charge in [-0.2, -0.15) is 0 Å². The van der Waals surface area contributed by atoms with Crippen LogP contribution < -0.4 is 0 Å². The van der Waals surface area contributed by atoms with Gasteiger partial charge in [0, 0.05) is 6.61 Å². The van der Waals surface area contributed by atoms with Crippen molar-refractivity contribution in [3.05, 3.63) is 0 Å². The predicted octanol–water partition coefficient (Wildman–Crippen LogP) is -0.0349. The molecule has 0 saturated heterocycles. The van der Waals surface area contributed by atoms with Crippen LogP contribution in [-0.4, -0.2) is 50.7 Å². The zero-order chi connectivity index (χ0) is 10.6. The van der Waals surface area contributed by atoms with Crippen LogP contribution in [-0.2, 0) is 19.0 Å². The Morgan fingerprint density at radius 1 is 1.14 bits per heavy atom. The Labute approximate surface area is 84.0 Å².